The average Bonchev–Trinajstić information content (AvgIpc) is 2.86. The van der Waals surface area contributed by atoms with Gasteiger partial charge in [-0.25, -0.2) is 9.37 Å². The first-order valence-corrected chi connectivity index (χ1v) is 12.3. The minimum Gasteiger partial charge on any atom is -0.355 e. The molecule has 0 bridgehead atoms. The van der Waals surface area contributed by atoms with Crippen LogP contribution in [0.4, 0.5) is 4.39 Å². The molecular weight excluding hydrogens is 449 g/mol. The molecule has 174 valence electrons. The Kier molecular flexibility index (Phi) is 8.09. The molecule has 34 heavy (non-hydrogen) atoms. The van der Waals surface area contributed by atoms with Gasteiger partial charge in [0.15, 0.2) is 5.16 Å². The predicted molar refractivity (Wildman–Crippen MR) is 135 cm³/mol. The molecule has 0 atom stereocenters. The smallest absolute Gasteiger partial charge is 0.262 e. The van der Waals surface area contributed by atoms with Gasteiger partial charge in [-0.15, -0.1) is 0 Å². The Bertz CT molecular complexity index is 1310. The van der Waals surface area contributed by atoms with Crippen molar-refractivity contribution < 1.29 is 9.18 Å². The van der Waals surface area contributed by atoms with Gasteiger partial charge in [0.05, 0.1) is 16.7 Å². The van der Waals surface area contributed by atoms with Gasteiger partial charge in [0.25, 0.3) is 5.56 Å². The zero-order valence-electron chi connectivity index (χ0n) is 18.7. The lowest BCUT2D eigenvalue weighted by Gasteiger charge is -2.13. The molecule has 5 nitrogen and oxygen atoms in total. The van der Waals surface area contributed by atoms with Crippen molar-refractivity contribution in [3.8, 4) is 0 Å². The first-order chi connectivity index (χ1) is 16.6. The number of aryl methyl sites for hydroxylation is 1. The van der Waals surface area contributed by atoms with E-state index in [1.807, 2.05) is 36.4 Å². The molecule has 7 heteroatoms. The average molecular weight is 476 g/mol. The van der Waals surface area contributed by atoms with Gasteiger partial charge in [0.1, 0.15) is 5.82 Å². The first-order valence-electron chi connectivity index (χ1n) is 11.3. The molecule has 0 fully saturated rings. The molecule has 0 unspecified atom stereocenters. The van der Waals surface area contributed by atoms with E-state index in [0.29, 0.717) is 35.6 Å². The van der Waals surface area contributed by atoms with E-state index < -0.39 is 0 Å². The summed E-state index contributed by atoms with van der Waals surface area (Å²) in [6, 6.07) is 23.7. The van der Waals surface area contributed by atoms with E-state index in [0.717, 1.165) is 18.4 Å². The zero-order chi connectivity index (χ0) is 23.8. The van der Waals surface area contributed by atoms with Crippen molar-refractivity contribution in [1.29, 1.82) is 0 Å². The minimum atomic E-state index is -0.276. The number of aromatic nitrogens is 2. The summed E-state index contributed by atoms with van der Waals surface area (Å²) in [6.45, 7) is 0.986. The highest BCUT2D eigenvalue weighted by atomic mass is 32.2. The van der Waals surface area contributed by atoms with Gasteiger partial charge < -0.3 is 5.32 Å². The lowest BCUT2D eigenvalue weighted by Crippen LogP contribution is -2.28. The molecule has 4 rings (SSSR count). The third-order valence-corrected chi connectivity index (χ3v) is 6.47. The first kappa shape index (κ1) is 23.7. The molecule has 3 aromatic carbocycles. The van der Waals surface area contributed by atoms with Crippen LogP contribution in [0.15, 0.2) is 88.8 Å². The Morgan fingerprint density at radius 3 is 2.41 bits per heavy atom. The lowest BCUT2D eigenvalue weighted by molar-refractivity contribution is -0.118. The van der Waals surface area contributed by atoms with Gasteiger partial charge in [0, 0.05) is 13.1 Å². The molecule has 0 aliphatic heterocycles. The number of thioether (sulfide) groups is 1. The highest BCUT2D eigenvalue weighted by Gasteiger charge is 2.13. The molecule has 1 amide bonds. The van der Waals surface area contributed by atoms with Crippen molar-refractivity contribution >= 4 is 28.6 Å². The highest BCUT2D eigenvalue weighted by molar-refractivity contribution is 7.99. The Morgan fingerprint density at radius 1 is 0.912 bits per heavy atom. The summed E-state index contributed by atoms with van der Waals surface area (Å²) < 4.78 is 14.7. The monoisotopic (exact) mass is 475 g/mol. The zero-order valence-corrected chi connectivity index (χ0v) is 19.6. The van der Waals surface area contributed by atoms with Crippen LogP contribution in [0.2, 0.25) is 0 Å². The quantitative estimate of drug-likeness (QED) is 0.269. The topological polar surface area (TPSA) is 64.0 Å². The number of fused-ring (bicyclic) bond motifs is 1. The molecule has 0 aliphatic rings. The molecule has 0 saturated carbocycles. The normalized spacial score (nSPS) is 11.0. The summed E-state index contributed by atoms with van der Waals surface area (Å²) in [4.78, 5) is 30.3. The molecule has 0 spiro atoms. The number of hydrogen-bond donors (Lipinski definition) is 1. The maximum atomic E-state index is 13.2. The summed E-state index contributed by atoms with van der Waals surface area (Å²) >= 11 is 1.27. The number of benzene rings is 3. The van der Waals surface area contributed by atoms with Crippen molar-refractivity contribution in [3.05, 3.63) is 106 Å². The Labute approximate surface area is 202 Å². The van der Waals surface area contributed by atoms with Crippen LogP contribution in [0.5, 0.6) is 0 Å². The van der Waals surface area contributed by atoms with E-state index >= 15 is 0 Å². The number of nitrogens with one attached hydrogen (secondary N) is 1. The second-order valence-electron chi connectivity index (χ2n) is 7.97. The Hall–Kier alpha value is -3.45. The van der Waals surface area contributed by atoms with E-state index in [2.05, 4.69) is 22.4 Å². The third kappa shape index (κ3) is 6.32. The number of halogens is 1. The number of hydrogen-bond acceptors (Lipinski definition) is 4. The van der Waals surface area contributed by atoms with Crippen LogP contribution in [0.1, 0.15) is 17.5 Å². The van der Waals surface area contributed by atoms with Gasteiger partial charge in [-0.1, -0.05) is 66.4 Å². The highest BCUT2D eigenvalue weighted by Crippen LogP contribution is 2.18. The number of carbonyl (C=O) groups is 1. The largest absolute Gasteiger partial charge is 0.355 e. The summed E-state index contributed by atoms with van der Waals surface area (Å²) in [5, 5.41) is 4.01. The van der Waals surface area contributed by atoms with Crippen LogP contribution in [0.3, 0.4) is 0 Å². The van der Waals surface area contributed by atoms with Gasteiger partial charge in [-0.3, -0.25) is 14.2 Å². The molecule has 0 aliphatic carbocycles. The number of rotatable bonds is 10. The number of para-hydroxylation sites is 1. The fourth-order valence-corrected chi connectivity index (χ4v) is 4.57. The van der Waals surface area contributed by atoms with Crippen LogP contribution in [-0.2, 0) is 24.2 Å². The van der Waals surface area contributed by atoms with E-state index in [4.69, 9.17) is 0 Å². The van der Waals surface area contributed by atoms with Gasteiger partial charge in [-0.2, -0.15) is 0 Å². The summed E-state index contributed by atoms with van der Waals surface area (Å²) in [5.41, 5.74) is 2.72. The molecule has 0 saturated heterocycles. The fourth-order valence-electron chi connectivity index (χ4n) is 3.72. The molecular formula is C27H26FN3O2S. The van der Waals surface area contributed by atoms with Crippen LogP contribution < -0.4 is 10.9 Å². The maximum Gasteiger partial charge on any atom is 0.262 e. The Morgan fingerprint density at radius 2 is 1.62 bits per heavy atom. The van der Waals surface area contributed by atoms with Crippen molar-refractivity contribution in [2.45, 2.75) is 31.0 Å². The minimum absolute atomic E-state index is 0.0853. The van der Waals surface area contributed by atoms with Crippen LogP contribution in [0, 0.1) is 5.82 Å². The van der Waals surface area contributed by atoms with Crippen LogP contribution >= 0.6 is 11.8 Å². The van der Waals surface area contributed by atoms with Gasteiger partial charge in [0.2, 0.25) is 5.91 Å². The van der Waals surface area contributed by atoms with Crippen molar-refractivity contribution in [2.75, 3.05) is 12.3 Å². The van der Waals surface area contributed by atoms with Gasteiger partial charge >= 0.3 is 0 Å². The number of carbonyl (C=O) groups excluding carboxylic acids is 1. The van der Waals surface area contributed by atoms with E-state index in [-0.39, 0.29) is 23.0 Å². The lowest BCUT2D eigenvalue weighted by atomic mass is 10.1. The summed E-state index contributed by atoms with van der Waals surface area (Å²) in [6.07, 6.45) is 2.27. The number of nitrogens with zero attached hydrogens (tertiary/aromatic N) is 2. The molecule has 1 aromatic heterocycles. The maximum absolute atomic E-state index is 13.2. The predicted octanol–water partition coefficient (Wildman–Crippen LogP) is 4.62. The van der Waals surface area contributed by atoms with E-state index in [1.54, 1.807) is 22.8 Å². The second-order valence-corrected chi connectivity index (χ2v) is 8.92. The van der Waals surface area contributed by atoms with Crippen molar-refractivity contribution in [3.63, 3.8) is 0 Å². The van der Waals surface area contributed by atoms with Crippen LogP contribution in [-0.4, -0.2) is 27.8 Å². The van der Waals surface area contributed by atoms with Crippen molar-refractivity contribution in [1.82, 2.24) is 14.9 Å². The molecule has 4 aromatic rings. The fraction of sp³-hybridized carbons (Fsp3) is 0.222. The standard InChI is InChI=1S/C27H26FN3O2S/c28-22-14-12-21(13-15-22)16-17-29-25(32)19-34-27-30-24-11-5-4-10-23(24)26(33)31(27)18-6-9-20-7-2-1-3-8-20/h1-5,7-8,10-15H,6,9,16-19H2,(H,29,32). The number of amides is 1. The van der Waals surface area contributed by atoms with Crippen LogP contribution in [0.25, 0.3) is 10.9 Å². The summed E-state index contributed by atoms with van der Waals surface area (Å²) in [7, 11) is 0. The third-order valence-electron chi connectivity index (χ3n) is 5.50. The second kappa shape index (κ2) is 11.6. The molecule has 1 N–H and O–H groups in total. The Balaban J connectivity index is 1.40. The van der Waals surface area contributed by atoms with Gasteiger partial charge in [-0.05, 0) is 54.7 Å². The van der Waals surface area contributed by atoms with E-state index in [1.165, 1.54) is 29.5 Å². The molecule has 0 radical (unpaired) electrons. The molecule has 1 heterocycles. The van der Waals surface area contributed by atoms with E-state index in [9.17, 15) is 14.0 Å². The summed E-state index contributed by atoms with van der Waals surface area (Å²) in [5.74, 6) is -0.250. The van der Waals surface area contributed by atoms with Crippen molar-refractivity contribution in [2.24, 2.45) is 0 Å². The SMILES string of the molecule is O=C(CSc1nc2ccccc2c(=O)n1CCCc1ccccc1)NCCc1ccc(F)cc1.